The van der Waals surface area contributed by atoms with Crippen molar-refractivity contribution in [1.82, 2.24) is 19.8 Å². The average molecular weight is 1010 g/mol. The number of hydrogen-bond acceptors (Lipinski definition) is 10. The number of anilines is 3. The number of nitrogens with zero attached hydrogens (tertiary/aromatic N) is 6. The number of carbonyl (C=O) groups is 4. The monoisotopic (exact) mass is 1010 g/mol. The van der Waals surface area contributed by atoms with E-state index in [1.165, 1.54) is 23.4 Å². The second kappa shape index (κ2) is 27.1. The number of carbonyl (C=O) groups excluding carboxylic acids is 4. The molecule has 2 atom stereocenters. The van der Waals surface area contributed by atoms with Crippen LogP contribution in [-0.4, -0.2) is 81.7 Å². The molecular formula is C60H67FN10O4. The molecule has 8 rings (SSSR count). The Morgan fingerprint density at radius 3 is 1.37 bits per heavy atom. The number of aryl methyl sites for hydroxylation is 2. The number of amides is 4. The molecule has 4 heterocycles. The van der Waals surface area contributed by atoms with Gasteiger partial charge in [-0.15, -0.1) is 0 Å². The topological polar surface area (TPSA) is 210 Å². The Balaban J connectivity index is 0.000000228. The molecular weight excluding hydrogens is 944 g/mol. The van der Waals surface area contributed by atoms with Crippen LogP contribution < -0.4 is 21.7 Å². The summed E-state index contributed by atoms with van der Waals surface area (Å²) >= 11 is 0. The molecule has 2 unspecified atom stereocenters. The Morgan fingerprint density at radius 2 is 1.00 bits per heavy atom. The molecule has 5 N–H and O–H groups in total. The van der Waals surface area contributed by atoms with Crippen LogP contribution in [0.4, 0.5) is 21.6 Å². The molecule has 2 saturated heterocycles. The molecule has 2 aromatic heterocycles. The van der Waals surface area contributed by atoms with Crippen molar-refractivity contribution >= 4 is 40.8 Å². The van der Waals surface area contributed by atoms with E-state index in [9.17, 15) is 23.6 Å². The van der Waals surface area contributed by atoms with E-state index in [0.717, 1.165) is 55.7 Å². The van der Waals surface area contributed by atoms with Gasteiger partial charge in [-0.2, -0.15) is 14.9 Å². The summed E-state index contributed by atoms with van der Waals surface area (Å²) in [6.45, 7) is 14.4. The normalized spacial score (nSPS) is 15.3. The summed E-state index contributed by atoms with van der Waals surface area (Å²) in [6.07, 6.45) is 8.25. The van der Waals surface area contributed by atoms with Crippen LogP contribution >= 0.6 is 0 Å². The van der Waals surface area contributed by atoms with Gasteiger partial charge in [-0.1, -0.05) is 50.2 Å². The van der Waals surface area contributed by atoms with Crippen molar-refractivity contribution in [3.8, 4) is 12.1 Å². The third-order valence-electron chi connectivity index (χ3n) is 13.0. The van der Waals surface area contributed by atoms with Crippen LogP contribution in [0.2, 0.25) is 0 Å². The second-order valence-corrected chi connectivity index (χ2v) is 19.6. The molecule has 4 aromatic carbocycles. The highest BCUT2D eigenvalue weighted by Gasteiger charge is 2.25. The SMILES string of the molecule is CC(C)N.Cc1ccc(C(=O)N2CCCC(c3ccc(C#N)cc3)CC2)cc1NC(=O)c1ccc(F)nc1.Cc1ccc(C(=O)N2CCCC(c3ccc(C#N)cc3)CC2)cc1NC(=O)c1ccc(NC(C)C)nc1. The van der Waals surface area contributed by atoms with E-state index >= 15 is 0 Å². The van der Waals surface area contributed by atoms with Crippen LogP contribution in [0.3, 0.4) is 0 Å². The van der Waals surface area contributed by atoms with Gasteiger partial charge in [0.2, 0.25) is 5.95 Å². The number of likely N-dealkylation sites (tertiary alicyclic amines) is 2. The molecule has 0 radical (unpaired) electrons. The zero-order valence-corrected chi connectivity index (χ0v) is 43.7. The van der Waals surface area contributed by atoms with E-state index in [1.54, 1.807) is 36.5 Å². The molecule has 0 saturated carbocycles. The van der Waals surface area contributed by atoms with Crippen LogP contribution in [0.15, 0.2) is 122 Å². The zero-order valence-electron chi connectivity index (χ0n) is 43.7. The summed E-state index contributed by atoms with van der Waals surface area (Å²) in [5.41, 5.74) is 13.4. The third-order valence-corrected chi connectivity index (χ3v) is 13.0. The summed E-state index contributed by atoms with van der Waals surface area (Å²) in [5.74, 6) is 0.00278. The van der Waals surface area contributed by atoms with Crippen molar-refractivity contribution in [3.05, 3.63) is 183 Å². The minimum atomic E-state index is -0.654. The summed E-state index contributed by atoms with van der Waals surface area (Å²) < 4.78 is 13.0. The number of aromatic nitrogens is 2. The molecule has 2 fully saturated rings. The number of nitriles is 2. The minimum absolute atomic E-state index is 0.0262. The van der Waals surface area contributed by atoms with Gasteiger partial charge in [0, 0.05) is 67.1 Å². The molecule has 4 amide bonds. The van der Waals surface area contributed by atoms with Gasteiger partial charge >= 0.3 is 0 Å². The number of rotatable bonds is 10. The van der Waals surface area contributed by atoms with Crippen LogP contribution in [0.25, 0.3) is 0 Å². The van der Waals surface area contributed by atoms with Crippen molar-refractivity contribution in [2.24, 2.45) is 5.73 Å². The number of hydrogen-bond donors (Lipinski definition) is 4. The van der Waals surface area contributed by atoms with Crippen LogP contribution in [0.5, 0.6) is 0 Å². The van der Waals surface area contributed by atoms with Gasteiger partial charge in [-0.3, -0.25) is 19.2 Å². The van der Waals surface area contributed by atoms with E-state index in [2.05, 4.69) is 38.1 Å². The molecule has 6 aromatic rings. The summed E-state index contributed by atoms with van der Waals surface area (Å²) in [5, 5.41) is 27.0. The molecule has 2 aliphatic heterocycles. The molecule has 14 nitrogen and oxygen atoms in total. The Hall–Kier alpha value is -8.27. The van der Waals surface area contributed by atoms with Crippen LogP contribution in [0.1, 0.15) is 153 Å². The van der Waals surface area contributed by atoms with E-state index in [4.69, 9.17) is 16.3 Å². The van der Waals surface area contributed by atoms with Crippen molar-refractivity contribution < 1.29 is 23.6 Å². The first-order chi connectivity index (χ1) is 36.0. The summed E-state index contributed by atoms with van der Waals surface area (Å²) in [4.78, 5) is 63.6. The maximum Gasteiger partial charge on any atom is 0.257 e. The van der Waals surface area contributed by atoms with Crippen LogP contribution in [0, 0.1) is 42.5 Å². The first kappa shape index (κ1) is 56.0. The quantitative estimate of drug-likeness (QED) is 0.0954. The number of halogens is 1. The second-order valence-electron chi connectivity index (χ2n) is 19.6. The fourth-order valence-electron chi connectivity index (χ4n) is 8.88. The smallest absolute Gasteiger partial charge is 0.257 e. The molecule has 15 heteroatoms. The lowest BCUT2D eigenvalue weighted by Gasteiger charge is -2.21. The molecule has 0 spiro atoms. The highest BCUT2D eigenvalue weighted by Crippen LogP contribution is 2.31. The molecule has 2 aliphatic rings. The summed E-state index contributed by atoms with van der Waals surface area (Å²) in [6, 6.07) is 37.1. The highest BCUT2D eigenvalue weighted by atomic mass is 19.1. The fourth-order valence-corrected chi connectivity index (χ4v) is 8.88. The number of nitrogens with one attached hydrogen (secondary N) is 3. The zero-order chi connectivity index (χ0) is 54.0. The average Bonchev–Trinajstić information content (AvgIpc) is 3.82. The third kappa shape index (κ3) is 16.4. The maximum atomic E-state index is 13.4. The standard InChI is InChI=1S/C30H33N5O2.C27H25FN4O2.C3H9N/c1-20(2)33-28-13-12-26(19-32-28)29(36)34-27-17-25(9-6-21(27)3)30(37)35-15-4-5-23(14-16-35)24-10-7-22(18-31)8-11-24;1-18-4-7-22(15-24(18)31-26(33)23-10-11-25(28)30-17-23)27(34)32-13-2-3-20(12-14-32)21-8-5-19(16-29)6-9-21;1-3(2)4/h6-13,17,19-20,23H,4-5,14-16H2,1-3H3,(H,32,33)(H,34,36);4-11,15,17,20H,2-3,12-14H2,1H3,(H,31,33);3H,4H2,1-2H3. The van der Waals surface area contributed by atoms with Crippen molar-refractivity contribution in [1.29, 1.82) is 10.5 Å². The number of pyridine rings is 2. The molecule has 0 aliphatic carbocycles. The number of nitrogens with two attached hydrogens (primary N) is 1. The van der Waals surface area contributed by atoms with Gasteiger partial charge in [0.1, 0.15) is 5.82 Å². The Labute approximate surface area is 440 Å². The predicted molar refractivity (Wildman–Crippen MR) is 292 cm³/mol. The Kier molecular flexibility index (Phi) is 20.3. The van der Waals surface area contributed by atoms with Gasteiger partial charge in [-0.25, -0.2) is 9.97 Å². The summed E-state index contributed by atoms with van der Waals surface area (Å²) in [7, 11) is 0. The van der Waals surface area contributed by atoms with Crippen molar-refractivity contribution in [3.63, 3.8) is 0 Å². The predicted octanol–water partition coefficient (Wildman–Crippen LogP) is 11.2. The largest absolute Gasteiger partial charge is 0.368 e. The van der Waals surface area contributed by atoms with Gasteiger partial charge in [0.05, 0.1) is 34.4 Å². The van der Waals surface area contributed by atoms with Gasteiger partial charge < -0.3 is 31.5 Å². The maximum absolute atomic E-state index is 13.4. The Bertz CT molecular complexity index is 2980. The van der Waals surface area contributed by atoms with E-state index in [1.807, 2.05) is 118 Å². The lowest BCUT2D eigenvalue weighted by Crippen LogP contribution is -2.32. The lowest BCUT2D eigenvalue weighted by molar-refractivity contribution is 0.0753. The van der Waals surface area contributed by atoms with E-state index in [-0.39, 0.29) is 29.3 Å². The molecule has 0 bridgehead atoms. The first-order valence-corrected chi connectivity index (χ1v) is 25.5. The van der Waals surface area contributed by atoms with Gasteiger partial charge in [-0.05, 0) is 179 Å². The highest BCUT2D eigenvalue weighted by molar-refractivity contribution is 6.06. The molecule has 388 valence electrons. The van der Waals surface area contributed by atoms with Crippen molar-refractivity contribution in [2.75, 3.05) is 42.1 Å². The lowest BCUT2D eigenvalue weighted by atomic mass is 9.91. The van der Waals surface area contributed by atoms with Gasteiger partial charge in [0.25, 0.3) is 23.6 Å². The first-order valence-electron chi connectivity index (χ1n) is 25.5. The molecule has 75 heavy (non-hydrogen) atoms. The van der Waals surface area contributed by atoms with Gasteiger partial charge in [0.15, 0.2) is 0 Å². The number of benzene rings is 4. The van der Waals surface area contributed by atoms with Crippen molar-refractivity contribution in [2.45, 2.75) is 104 Å². The fraction of sp³-hybridized carbons (Fsp3) is 0.333. The van der Waals surface area contributed by atoms with E-state index < -0.39 is 11.9 Å². The van der Waals surface area contributed by atoms with E-state index in [0.29, 0.717) is 89.1 Å². The minimum Gasteiger partial charge on any atom is -0.368 e. The Morgan fingerprint density at radius 1 is 0.587 bits per heavy atom. The van der Waals surface area contributed by atoms with Crippen LogP contribution in [-0.2, 0) is 0 Å².